The van der Waals surface area contributed by atoms with Crippen LogP contribution in [0, 0.1) is 6.92 Å². The van der Waals surface area contributed by atoms with Gasteiger partial charge in [0.25, 0.3) is 5.56 Å². The molecule has 0 saturated carbocycles. The number of nitrogens with one attached hydrogen (secondary N) is 1. The SMILES string of the molecule is CCOC(=O)N1CCc2c(sc3c2c(=O)n(-c2ccc(CC)cc2)c(=O)n3CC(=O)Nc2cccc(C)c2)C1. The second-order valence-electron chi connectivity index (χ2n) is 9.50. The van der Waals surface area contributed by atoms with Crippen molar-refractivity contribution in [3.63, 3.8) is 0 Å². The highest BCUT2D eigenvalue weighted by Gasteiger charge is 2.29. The van der Waals surface area contributed by atoms with E-state index in [1.807, 2.05) is 44.2 Å². The highest BCUT2D eigenvalue weighted by molar-refractivity contribution is 7.18. The van der Waals surface area contributed by atoms with E-state index in [4.69, 9.17) is 4.74 Å². The molecule has 0 radical (unpaired) electrons. The normalized spacial score (nSPS) is 12.8. The lowest BCUT2D eigenvalue weighted by Crippen LogP contribution is -2.41. The zero-order chi connectivity index (χ0) is 27.7. The van der Waals surface area contributed by atoms with Gasteiger partial charge in [-0.25, -0.2) is 14.2 Å². The van der Waals surface area contributed by atoms with Crippen LogP contribution in [0.2, 0.25) is 0 Å². The third-order valence-electron chi connectivity index (χ3n) is 6.85. The molecule has 2 aromatic heterocycles. The van der Waals surface area contributed by atoms with E-state index in [9.17, 15) is 19.2 Å². The van der Waals surface area contributed by atoms with Gasteiger partial charge in [0.1, 0.15) is 11.4 Å². The Bertz CT molecular complexity index is 1680. The van der Waals surface area contributed by atoms with Gasteiger partial charge in [0.2, 0.25) is 5.91 Å². The molecule has 2 aromatic carbocycles. The number of hydrogen-bond donors (Lipinski definition) is 1. The van der Waals surface area contributed by atoms with Crippen molar-refractivity contribution in [1.29, 1.82) is 0 Å². The lowest BCUT2D eigenvalue weighted by molar-refractivity contribution is -0.116. The van der Waals surface area contributed by atoms with E-state index in [1.165, 1.54) is 15.9 Å². The molecule has 0 saturated heterocycles. The molecular weight excluding hydrogens is 516 g/mol. The smallest absolute Gasteiger partial charge is 0.410 e. The number of anilines is 1. The van der Waals surface area contributed by atoms with Crippen molar-refractivity contribution >= 4 is 39.2 Å². The Kier molecular flexibility index (Phi) is 7.38. The number of nitrogens with zero attached hydrogens (tertiary/aromatic N) is 3. The third-order valence-corrected chi connectivity index (χ3v) is 8.09. The zero-order valence-corrected chi connectivity index (χ0v) is 23.0. The number of thiophene rings is 1. The van der Waals surface area contributed by atoms with Crippen LogP contribution >= 0.6 is 11.3 Å². The molecule has 4 aromatic rings. The Morgan fingerprint density at radius 2 is 1.85 bits per heavy atom. The van der Waals surface area contributed by atoms with Crippen LogP contribution in [0.5, 0.6) is 0 Å². The average Bonchev–Trinajstić information content (AvgIpc) is 3.30. The number of ether oxygens (including phenoxy) is 1. The molecule has 0 aliphatic carbocycles. The summed E-state index contributed by atoms with van der Waals surface area (Å²) in [5.41, 5.74) is 2.95. The van der Waals surface area contributed by atoms with Gasteiger partial charge in [0.05, 0.1) is 24.2 Å². The van der Waals surface area contributed by atoms with E-state index in [2.05, 4.69) is 5.32 Å². The van der Waals surface area contributed by atoms with Crippen LogP contribution in [0.3, 0.4) is 0 Å². The minimum atomic E-state index is -0.586. The van der Waals surface area contributed by atoms with E-state index < -0.39 is 17.3 Å². The average molecular weight is 547 g/mol. The van der Waals surface area contributed by atoms with Gasteiger partial charge in [-0.05, 0) is 67.6 Å². The second kappa shape index (κ2) is 10.9. The number of fused-ring (bicyclic) bond motifs is 3. The van der Waals surface area contributed by atoms with Crippen molar-refractivity contribution in [1.82, 2.24) is 14.0 Å². The van der Waals surface area contributed by atoms with Crippen LogP contribution in [0.1, 0.15) is 35.4 Å². The molecule has 39 heavy (non-hydrogen) atoms. The van der Waals surface area contributed by atoms with Crippen LogP contribution in [-0.4, -0.2) is 39.2 Å². The maximum atomic E-state index is 13.9. The predicted molar refractivity (Wildman–Crippen MR) is 152 cm³/mol. The lowest BCUT2D eigenvalue weighted by Gasteiger charge is -2.25. The summed E-state index contributed by atoms with van der Waals surface area (Å²) in [5, 5.41) is 3.28. The number of hydrogen-bond acceptors (Lipinski definition) is 6. The summed E-state index contributed by atoms with van der Waals surface area (Å²) in [4.78, 5) is 56.1. The van der Waals surface area contributed by atoms with Gasteiger partial charge in [-0.3, -0.25) is 14.2 Å². The van der Waals surface area contributed by atoms with Gasteiger partial charge in [-0.15, -0.1) is 11.3 Å². The summed E-state index contributed by atoms with van der Waals surface area (Å²) in [6.45, 7) is 6.40. The van der Waals surface area contributed by atoms with Gasteiger partial charge in [0, 0.05) is 17.1 Å². The van der Waals surface area contributed by atoms with Gasteiger partial charge >= 0.3 is 11.8 Å². The first-order chi connectivity index (χ1) is 18.8. The highest BCUT2D eigenvalue weighted by atomic mass is 32.1. The first-order valence-corrected chi connectivity index (χ1v) is 13.8. The first-order valence-electron chi connectivity index (χ1n) is 13.0. The Hall–Kier alpha value is -4.18. The lowest BCUT2D eigenvalue weighted by atomic mass is 10.1. The summed E-state index contributed by atoms with van der Waals surface area (Å²) < 4.78 is 7.68. The monoisotopic (exact) mass is 546 g/mol. The van der Waals surface area contributed by atoms with Crippen molar-refractivity contribution < 1.29 is 14.3 Å². The van der Waals surface area contributed by atoms with Gasteiger partial charge in [0.15, 0.2) is 0 Å². The molecule has 9 nitrogen and oxygen atoms in total. The number of aryl methyl sites for hydroxylation is 2. The number of benzene rings is 2. The van der Waals surface area contributed by atoms with Crippen LogP contribution in [0.4, 0.5) is 10.5 Å². The Morgan fingerprint density at radius 3 is 2.54 bits per heavy atom. The van der Waals surface area contributed by atoms with E-state index in [1.54, 1.807) is 30.0 Å². The van der Waals surface area contributed by atoms with Crippen molar-refractivity contribution in [2.75, 3.05) is 18.5 Å². The minimum absolute atomic E-state index is 0.266. The number of rotatable bonds is 6. The van der Waals surface area contributed by atoms with E-state index in [0.29, 0.717) is 34.6 Å². The molecular formula is C29H30N4O5S. The Labute approximate surface area is 229 Å². The maximum Gasteiger partial charge on any atom is 0.410 e. The Balaban J connectivity index is 1.64. The van der Waals surface area contributed by atoms with Crippen molar-refractivity contribution in [2.24, 2.45) is 0 Å². The van der Waals surface area contributed by atoms with Crippen molar-refractivity contribution in [3.05, 3.63) is 90.9 Å². The van der Waals surface area contributed by atoms with Crippen LogP contribution in [-0.2, 0) is 35.5 Å². The maximum absolute atomic E-state index is 13.9. The van der Waals surface area contributed by atoms with Crippen LogP contribution in [0.25, 0.3) is 15.9 Å². The quantitative estimate of drug-likeness (QED) is 0.390. The summed E-state index contributed by atoms with van der Waals surface area (Å²) >= 11 is 1.27. The fourth-order valence-electron chi connectivity index (χ4n) is 4.89. The number of carbonyl (C=O) groups excluding carboxylic acids is 2. The molecule has 1 aliphatic rings. The zero-order valence-electron chi connectivity index (χ0n) is 22.2. The molecule has 0 spiro atoms. The second-order valence-corrected chi connectivity index (χ2v) is 10.6. The predicted octanol–water partition coefficient (Wildman–Crippen LogP) is 4.24. The van der Waals surface area contributed by atoms with Crippen LogP contribution in [0.15, 0.2) is 58.1 Å². The molecule has 1 N–H and O–H groups in total. The minimum Gasteiger partial charge on any atom is -0.450 e. The Morgan fingerprint density at radius 1 is 1.08 bits per heavy atom. The molecule has 0 unspecified atom stereocenters. The number of amides is 2. The topological polar surface area (TPSA) is 103 Å². The molecule has 202 valence electrons. The van der Waals surface area contributed by atoms with Crippen LogP contribution < -0.4 is 16.6 Å². The van der Waals surface area contributed by atoms with Gasteiger partial charge < -0.3 is 15.0 Å². The summed E-state index contributed by atoms with van der Waals surface area (Å²) in [6.07, 6.45) is 0.863. The highest BCUT2D eigenvalue weighted by Crippen LogP contribution is 2.33. The standard InChI is InChI=1S/C29H30N4O5S/c1-4-19-9-11-21(12-10-19)33-26(35)25-22-13-14-31(29(37)38-5-2)16-23(22)39-27(25)32(28(33)36)17-24(34)30-20-8-6-7-18(3)15-20/h6-12,15H,4-5,13-14,16-17H2,1-3H3,(H,30,34). The molecule has 0 fully saturated rings. The summed E-state index contributed by atoms with van der Waals surface area (Å²) in [5.74, 6) is -0.380. The molecule has 0 atom stereocenters. The molecule has 2 amide bonds. The fraction of sp³-hybridized carbons (Fsp3) is 0.310. The molecule has 3 heterocycles. The van der Waals surface area contributed by atoms with Crippen molar-refractivity contribution in [2.45, 2.75) is 46.7 Å². The summed E-state index contributed by atoms with van der Waals surface area (Å²) in [7, 11) is 0. The third kappa shape index (κ3) is 5.12. The molecule has 1 aliphatic heterocycles. The largest absolute Gasteiger partial charge is 0.450 e. The molecule has 5 rings (SSSR count). The summed E-state index contributed by atoms with van der Waals surface area (Å²) in [6, 6.07) is 14.7. The number of carbonyl (C=O) groups is 2. The van der Waals surface area contributed by atoms with E-state index in [-0.39, 0.29) is 25.6 Å². The van der Waals surface area contributed by atoms with E-state index in [0.717, 1.165) is 32.6 Å². The number of aromatic nitrogens is 2. The fourth-order valence-corrected chi connectivity index (χ4v) is 6.24. The van der Waals surface area contributed by atoms with E-state index >= 15 is 0 Å². The van der Waals surface area contributed by atoms with Crippen molar-refractivity contribution in [3.8, 4) is 5.69 Å². The molecule has 10 heteroatoms. The first kappa shape index (κ1) is 26.4. The van der Waals surface area contributed by atoms with Gasteiger partial charge in [-0.2, -0.15) is 0 Å². The van der Waals surface area contributed by atoms with Gasteiger partial charge in [-0.1, -0.05) is 31.2 Å². The molecule has 0 bridgehead atoms.